The number of hydrogen-bond acceptors (Lipinski definition) is 5. The summed E-state index contributed by atoms with van der Waals surface area (Å²) in [4.78, 5) is 35.6. The summed E-state index contributed by atoms with van der Waals surface area (Å²) in [5.74, 6) is -0.466. The third kappa shape index (κ3) is 3.99. The number of thiophene rings is 1. The Labute approximate surface area is 182 Å². The second kappa shape index (κ2) is 8.61. The third-order valence-corrected chi connectivity index (χ3v) is 6.66. The van der Waals surface area contributed by atoms with Crippen molar-refractivity contribution in [1.29, 1.82) is 0 Å². The highest BCUT2D eigenvalue weighted by Crippen LogP contribution is 2.24. The molecule has 0 atom stereocenters. The van der Waals surface area contributed by atoms with Gasteiger partial charge in [-0.1, -0.05) is 11.8 Å². The van der Waals surface area contributed by atoms with Gasteiger partial charge >= 0.3 is 0 Å². The van der Waals surface area contributed by atoms with Crippen LogP contribution >= 0.6 is 23.1 Å². The molecule has 0 radical (unpaired) electrons. The van der Waals surface area contributed by atoms with Gasteiger partial charge < -0.3 is 9.80 Å². The number of amides is 2. The summed E-state index contributed by atoms with van der Waals surface area (Å²) < 4.78 is 15.1. The van der Waals surface area contributed by atoms with E-state index in [9.17, 15) is 14.0 Å². The molecule has 6 nitrogen and oxygen atoms in total. The molecule has 0 spiro atoms. The summed E-state index contributed by atoms with van der Waals surface area (Å²) >= 11 is 2.91. The van der Waals surface area contributed by atoms with Gasteiger partial charge in [-0.3, -0.25) is 14.2 Å². The summed E-state index contributed by atoms with van der Waals surface area (Å²) in [6.07, 6.45) is 3.44. The lowest BCUT2D eigenvalue weighted by Crippen LogP contribution is -2.50. The number of aryl methyl sites for hydroxylation is 1. The van der Waals surface area contributed by atoms with Crippen molar-refractivity contribution in [3.05, 3.63) is 63.9 Å². The number of benzene rings is 1. The number of rotatable bonds is 4. The molecule has 1 aliphatic rings. The first-order chi connectivity index (χ1) is 14.5. The van der Waals surface area contributed by atoms with E-state index in [1.54, 1.807) is 32.7 Å². The van der Waals surface area contributed by atoms with Gasteiger partial charge in [0.15, 0.2) is 5.16 Å². The van der Waals surface area contributed by atoms with Crippen LogP contribution in [0.15, 0.2) is 47.8 Å². The van der Waals surface area contributed by atoms with Crippen molar-refractivity contribution in [3.8, 4) is 5.69 Å². The smallest absolute Gasteiger partial charge is 0.272 e. The molecule has 3 heterocycles. The Morgan fingerprint density at radius 1 is 1.00 bits per heavy atom. The average Bonchev–Trinajstić information content (AvgIpc) is 3.39. The molecule has 2 aromatic heterocycles. The molecule has 1 aromatic carbocycles. The predicted molar refractivity (Wildman–Crippen MR) is 116 cm³/mol. The van der Waals surface area contributed by atoms with Crippen LogP contribution in [0.5, 0.6) is 0 Å². The van der Waals surface area contributed by atoms with E-state index in [0.29, 0.717) is 42.7 Å². The first-order valence-corrected chi connectivity index (χ1v) is 11.5. The number of halogens is 1. The Balaban J connectivity index is 1.50. The second-order valence-corrected chi connectivity index (χ2v) is 9.00. The summed E-state index contributed by atoms with van der Waals surface area (Å²) in [7, 11) is 0. The zero-order valence-electron chi connectivity index (χ0n) is 16.7. The number of aromatic nitrogens is 2. The van der Waals surface area contributed by atoms with E-state index in [4.69, 9.17) is 0 Å². The van der Waals surface area contributed by atoms with E-state index in [2.05, 4.69) is 4.98 Å². The number of hydrogen-bond donors (Lipinski definition) is 0. The van der Waals surface area contributed by atoms with E-state index < -0.39 is 0 Å². The van der Waals surface area contributed by atoms with E-state index in [-0.39, 0.29) is 17.6 Å². The number of carbonyl (C=O) groups is 2. The van der Waals surface area contributed by atoms with Gasteiger partial charge in [0.25, 0.3) is 11.8 Å². The zero-order chi connectivity index (χ0) is 21.3. The normalized spacial score (nSPS) is 14.2. The maximum atomic E-state index is 13.3. The van der Waals surface area contributed by atoms with Crippen LogP contribution in [-0.4, -0.2) is 63.6 Å². The molecule has 0 aliphatic carbocycles. The van der Waals surface area contributed by atoms with Crippen LogP contribution in [-0.2, 0) is 0 Å². The van der Waals surface area contributed by atoms with E-state index >= 15 is 0 Å². The Morgan fingerprint density at radius 2 is 1.63 bits per heavy atom. The number of nitrogens with zero attached hydrogens (tertiary/aromatic N) is 4. The molecule has 0 unspecified atom stereocenters. The Bertz CT molecular complexity index is 1070. The summed E-state index contributed by atoms with van der Waals surface area (Å²) in [6, 6.07) is 9.79. The molecule has 3 aromatic rings. The monoisotopic (exact) mass is 444 g/mol. The van der Waals surface area contributed by atoms with E-state index in [1.165, 1.54) is 35.2 Å². The second-order valence-electron chi connectivity index (χ2n) is 6.94. The van der Waals surface area contributed by atoms with Crippen molar-refractivity contribution < 1.29 is 14.0 Å². The highest BCUT2D eigenvalue weighted by atomic mass is 32.2. The fraction of sp³-hybridized carbons (Fsp3) is 0.286. The molecule has 1 saturated heterocycles. The van der Waals surface area contributed by atoms with Gasteiger partial charge in [-0.2, -0.15) is 0 Å². The topological polar surface area (TPSA) is 58.4 Å². The van der Waals surface area contributed by atoms with Crippen LogP contribution < -0.4 is 0 Å². The first-order valence-electron chi connectivity index (χ1n) is 9.50. The molecule has 1 aliphatic heterocycles. The number of carbonyl (C=O) groups excluding carboxylic acids is 2. The highest BCUT2D eigenvalue weighted by Gasteiger charge is 2.28. The highest BCUT2D eigenvalue weighted by molar-refractivity contribution is 7.98. The van der Waals surface area contributed by atoms with Crippen molar-refractivity contribution in [1.82, 2.24) is 19.4 Å². The van der Waals surface area contributed by atoms with Crippen LogP contribution in [0, 0.1) is 12.7 Å². The number of thioether (sulfide) groups is 1. The molecular weight excluding hydrogens is 423 g/mol. The number of imidazole rings is 1. The Kier molecular flexibility index (Phi) is 5.92. The van der Waals surface area contributed by atoms with Gasteiger partial charge in [-0.25, -0.2) is 9.37 Å². The van der Waals surface area contributed by atoms with Crippen molar-refractivity contribution in [2.24, 2.45) is 0 Å². The molecule has 2 amide bonds. The van der Waals surface area contributed by atoms with Crippen LogP contribution in [0.25, 0.3) is 5.69 Å². The lowest BCUT2D eigenvalue weighted by atomic mass is 10.2. The number of piperazine rings is 1. The molecule has 4 rings (SSSR count). The quantitative estimate of drug-likeness (QED) is 0.576. The van der Waals surface area contributed by atoms with Gasteiger partial charge in [0, 0.05) is 36.7 Å². The molecule has 1 fully saturated rings. The summed E-state index contributed by atoms with van der Waals surface area (Å²) in [6.45, 7) is 3.87. The Hall–Kier alpha value is -2.65. The largest absolute Gasteiger partial charge is 0.334 e. The Morgan fingerprint density at radius 3 is 2.20 bits per heavy atom. The molecule has 30 heavy (non-hydrogen) atoms. The fourth-order valence-electron chi connectivity index (χ4n) is 3.45. The van der Waals surface area contributed by atoms with Crippen LogP contribution in [0.4, 0.5) is 4.39 Å². The van der Waals surface area contributed by atoms with Crippen LogP contribution in [0.3, 0.4) is 0 Å². The van der Waals surface area contributed by atoms with Gasteiger partial charge in [0.1, 0.15) is 11.5 Å². The van der Waals surface area contributed by atoms with Gasteiger partial charge in [-0.05, 0) is 49.6 Å². The maximum Gasteiger partial charge on any atom is 0.272 e. The summed E-state index contributed by atoms with van der Waals surface area (Å²) in [5.41, 5.74) is 1.11. The predicted octanol–water partition coefficient (Wildman–Crippen LogP) is 3.70. The molecule has 9 heteroatoms. The minimum atomic E-state index is -0.334. The van der Waals surface area contributed by atoms with E-state index in [0.717, 1.165) is 9.75 Å². The van der Waals surface area contributed by atoms with Gasteiger partial charge in [0.2, 0.25) is 0 Å². The lowest BCUT2D eigenvalue weighted by Gasteiger charge is -2.34. The first kappa shape index (κ1) is 20.6. The third-order valence-electron chi connectivity index (χ3n) is 5.02. The molecule has 0 saturated carbocycles. The SMILES string of the molecule is CSc1ncc(C(=O)N2CCN(C(=O)c3ccc(C)s3)CC2)n1-c1ccc(F)cc1. The minimum Gasteiger partial charge on any atom is -0.334 e. The van der Waals surface area contributed by atoms with Crippen molar-refractivity contribution in [3.63, 3.8) is 0 Å². The standard InChI is InChI=1S/C21H21FN4O2S2/c1-14-3-8-18(30-14)20(28)25-11-9-24(10-12-25)19(27)17-13-23-21(29-2)26(17)16-6-4-15(22)5-7-16/h3-8,13H,9-12H2,1-2H3. The van der Waals surface area contributed by atoms with Crippen LogP contribution in [0.1, 0.15) is 25.0 Å². The van der Waals surface area contributed by atoms with Gasteiger partial charge in [0.05, 0.1) is 11.1 Å². The molecule has 156 valence electrons. The van der Waals surface area contributed by atoms with Crippen molar-refractivity contribution in [2.75, 3.05) is 32.4 Å². The van der Waals surface area contributed by atoms with Gasteiger partial charge in [-0.15, -0.1) is 11.3 Å². The van der Waals surface area contributed by atoms with Crippen molar-refractivity contribution >= 4 is 34.9 Å². The molecular formula is C21H21FN4O2S2. The summed E-state index contributed by atoms with van der Waals surface area (Å²) in [5, 5.41) is 0.659. The van der Waals surface area contributed by atoms with Crippen molar-refractivity contribution in [2.45, 2.75) is 12.1 Å². The molecule has 0 bridgehead atoms. The average molecular weight is 445 g/mol. The zero-order valence-corrected chi connectivity index (χ0v) is 18.3. The van der Waals surface area contributed by atoms with E-state index in [1.807, 2.05) is 25.3 Å². The maximum absolute atomic E-state index is 13.3. The lowest BCUT2D eigenvalue weighted by molar-refractivity contribution is 0.0533. The van der Waals surface area contributed by atoms with Crippen LogP contribution in [0.2, 0.25) is 0 Å². The molecule has 0 N–H and O–H groups in total. The minimum absolute atomic E-state index is 0.0150. The fourth-order valence-corrected chi connectivity index (χ4v) is 4.83.